The normalized spacial score (nSPS) is 22.9. The van der Waals surface area contributed by atoms with E-state index in [1.54, 1.807) is 8.82 Å². The smallest absolute Gasteiger partial charge is 0.277 e. The van der Waals surface area contributed by atoms with Crippen molar-refractivity contribution in [2.24, 2.45) is 10.6 Å². The zero-order valence-electron chi connectivity index (χ0n) is 15.2. The molecule has 2 N–H and O–H groups in total. The van der Waals surface area contributed by atoms with Crippen molar-refractivity contribution in [1.82, 2.24) is 18.9 Å². The SMILES string of the molecule is Cc1cc(Cl)n2ncnc(N3CC4(CC(N(C5CCC5)S(N)(=O)=O)C4)C3)c12. The Hall–Kier alpha value is -1.42. The van der Waals surface area contributed by atoms with E-state index in [1.165, 1.54) is 6.33 Å². The molecule has 2 aromatic heterocycles. The molecule has 1 spiro atoms. The van der Waals surface area contributed by atoms with E-state index in [4.69, 9.17) is 16.7 Å². The lowest BCUT2D eigenvalue weighted by molar-refractivity contribution is -0.0102. The van der Waals surface area contributed by atoms with Crippen molar-refractivity contribution in [2.75, 3.05) is 18.0 Å². The summed E-state index contributed by atoms with van der Waals surface area (Å²) < 4.78 is 27.4. The van der Waals surface area contributed by atoms with Crippen molar-refractivity contribution in [2.45, 2.75) is 51.1 Å². The molecule has 3 fully saturated rings. The molecule has 0 aromatic carbocycles. The molecule has 0 unspecified atom stereocenters. The molecule has 8 nitrogen and oxygen atoms in total. The van der Waals surface area contributed by atoms with E-state index in [0.29, 0.717) is 5.15 Å². The molecule has 0 radical (unpaired) electrons. The number of nitrogens with zero attached hydrogens (tertiary/aromatic N) is 5. The second kappa shape index (κ2) is 5.79. The molecule has 5 rings (SSSR count). The Morgan fingerprint density at radius 2 is 2.00 bits per heavy atom. The first-order chi connectivity index (χ1) is 12.8. The number of anilines is 1. The molecule has 146 valence electrons. The number of hydrogen-bond acceptors (Lipinski definition) is 5. The van der Waals surface area contributed by atoms with Gasteiger partial charge in [0.15, 0.2) is 5.82 Å². The summed E-state index contributed by atoms with van der Waals surface area (Å²) in [5.41, 5.74) is 2.16. The molecule has 0 bridgehead atoms. The summed E-state index contributed by atoms with van der Waals surface area (Å²) in [6, 6.07) is 2.04. The topological polar surface area (TPSA) is 96.8 Å². The minimum Gasteiger partial charge on any atom is -0.354 e. The lowest BCUT2D eigenvalue weighted by Gasteiger charge is -2.61. The van der Waals surface area contributed by atoms with Crippen LogP contribution < -0.4 is 10.0 Å². The Bertz CT molecular complexity index is 1000. The molecule has 2 saturated carbocycles. The second-order valence-corrected chi connectivity index (χ2v) is 10.2. The molecule has 3 heterocycles. The van der Waals surface area contributed by atoms with E-state index in [9.17, 15) is 8.42 Å². The summed E-state index contributed by atoms with van der Waals surface area (Å²) in [4.78, 5) is 6.72. The highest BCUT2D eigenvalue weighted by Crippen LogP contribution is 2.53. The van der Waals surface area contributed by atoms with E-state index in [1.807, 2.05) is 13.0 Å². The minimum atomic E-state index is -3.64. The van der Waals surface area contributed by atoms with E-state index < -0.39 is 10.2 Å². The Kier molecular flexibility index (Phi) is 3.79. The Labute approximate surface area is 163 Å². The van der Waals surface area contributed by atoms with E-state index in [0.717, 1.165) is 62.1 Å². The third kappa shape index (κ3) is 2.66. The third-order valence-electron chi connectivity index (χ3n) is 6.46. The summed E-state index contributed by atoms with van der Waals surface area (Å²) in [5, 5.41) is 10.3. The number of halogens is 1. The molecule has 1 saturated heterocycles. The van der Waals surface area contributed by atoms with Gasteiger partial charge in [0.05, 0.1) is 0 Å². The van der Waals surface area contributed by atoms with Crippen LogP contribution in [0.15, 0.2) is 12.4 Å². The zero-order valence-corrected chi connectivity index (χ0v) is 16.7. The molecular weight excluding hydrogens is 388 g/mol. The maximum Gasteiger partial charge on any atom is 0.277 e. The van der Waals surface area contributed by atoms with Gasteiger partial charge in [-0.2, -0.15) is 17.8 Å². The average molecular weight is 411 g/mol. The maximum absolute atomic E-state index is 12.1. The van der Waals surface area contributed by atoms with Crippen molar-refractivity contribution in [1.29, 1.82) is 0 Å². The average Bonchev–Trinajstić information content (AvgIpc) is 2.76. The summed E-state index contributed by atoms with van der Waals surface area (Å²) in [6.07, 6.45) is 6.22. The predicted molar refractivity (Wildman–Crippen MR) is 103 cm³/mol. The van der Waals surface area contributed by atoms with Crippen LogP contribution in [0.25, 0.3) is 5.52 Å². The van der Waals surface area contributed by atoms with Gasteiger partial charge in [0.1, 0.15) is 17.0 Å². The summed E-state index contributed by atoms with van der Waals surface area (Å²) >= 11 is 6.24. The van der Waals surface area contributed by atoms with Crippen molar-refractivity contribution in [3.05, 3.63) is 23.1 Å². The highest BCUT2D eigenvalue weighted by atomic mass is 35.5. The minimum absolute atomic E-state index is 0.0438. The van der Waals surface area contributed by atoms with Gasteiger partial charge >= 0.3 is 0 Å². The molecule has 2 aliphatic carbocycles. The fraction of sp³-hybridized carbons (Fsp3) is 0.647. The van der Waals surface area contributed by atoms with Gasteiger partial charge in [0.25, 0.3) is 10.2 Å². The van der Waals surface area contributed by atoms with Crippen molar-refractivity contribution >= 4 is 33.1 Å². The van der Waals surface area contributed by atoms with E-state index in [2.05, 4.69) is 15.0 Å². The molecule has 10 heteroatoms. The quantitative estimate of drug-likeness (QED) is 0.827. The largest absolute Gasteiger partial charge is 0.354 e. The highest BCUT2D eigenvalue weighted by Gasteiger charge is 2.57. The number of nitrogens with two attached hydrogens (primary N) is 1. The number of aromatic nitrogens is 3. The van der Waals surface area contributed by atoms with Crippen molar-refractivity contribution < 1.29 is 8.42 Å². The van der Waals surface area contributed by atoms with Gasteiger partial charge in [-0.05, 0) is 44.2 Å². The summed E-state index contributed by atoms with van der Waals surface area (Å²) in [6.45, 7) is 3.76. The first-order valence-electron chi connectivity index (χ1n) is 9.32. The van der Waals surface area contributed by atoms with Crippen LogP contribution in [0.2, 0.25) is 5.15 Å². The highest BCUT2D eigenvalue weighted by molar-refractivity contribution is 7.86. The van der Waals surface area contributed by atoms with E-state index in [-0.39, 0.29) is 17.5 Å². The number of fused-ring (bicyclic) bond motifs is 1. The number of hydrogen-bond donors (Lipinski definition) is 1. The summed E-state index contributed by atoms with van der Waals surface area (Å²) in [7, 11) is -3.64. The molecule has 0 amide bonds. The van der Waals surface area contributed by atoms with Crippen LogP contribution in [0.1, 0.15) is 37.7 Å². The third-order valence-corrected chi connectivity index (χ3v) is 7.91. The van der Waals surface area contributed by atoms with Crippen LogP contribution in [-0.4, -0.2) is 52.5 Å². The Morgan fingerprint density at radius 3 is 2.59 bits per heavy atom. The van der Waals surface area contributed by atoms with Crippen LogP contribution in [-0.2, 0) is 10.2 Å². The first kappa shape index (κ1) is 17.7. The fourth-order valence-electron chi connectivity index (χ4n) is 5.04. The van der Waals surface area contributed by atoms with Gasteiger partial charge in [0, 0.05) is 30.6 Å². The molecule has 1 aliphatic heterocycles. The van der Waals surface area contributed by atoms with Gasteiger partial charge in [0.2, 0.25) is 0 Å². The van der Waals surface area contributed by atoms with E-state index >= 15 is 0 Å². The maximum atomic E-state index is 12.1. The fourth-order valence-corrected chi connectivity index (χ4v) is 6.52. The molecular formula is C17H23ClN6O2S. The van der Waals surface area contributed by atoms with Gasteiger partial charge in [-0.15, -0.1) is 0 Å². The number of aryl methyl sites for hydroxylation is 1. The second-order valence-electron chi connectivity index (χ2n) is 8.37. The van der Waals surface area contributed by atoms with Gasteiger partial charge in [-0.3, -0.25) is 0 Å². The van der Waals surface area contributed by atoms with Crippen LogP contribution in [0.3, 0.4) is 0 Å². The number of rotatable bonds is 4. The zero-order chi connectivity index (χ0) is 19.0. The molecule has 0 atom stereocenters. The monoisotopic (exact) mass is 410 g/mol. The standard InChI is InChI=1S/C17H23ClN6O2S/c1-11-5-14(18)23-15(11)16(20-10-21-23)22-8-17(9-22)6-13(7-17)24(27(19,25)26)12-3-2-4-12/h5,10,12-13H,2-4,6-9H2,1H3,(H2,19,25,26). The Morgan fingerprint density at radius 1 is 1.30 bits per heavy atom. The lowest BCUT2D eigenvalue weighted by Crippen LogP contribution is -2.69. The van der Waals surface area contributed by atoms with Crippen LogP contribution in [0.4, 0.5) is 5.82 Å². The molecule has 3 aliphatic rings. The summed E-state index contributed by atoms with van der Waals surface area (Å²) in [5.74, 6) is 0.894. The lowest BCUT2D eigenvalue weighted by atomic mass is 9.60. The van der Waals surface area contributed by atoms with Gasteiger partial charge in [-0.25, -0.2) is 14.6 Å². The van der Waals surface area contributed by atoms with Crippen LogP contribution in [0.5, 0.6) is 0 Å². The van der Waals surface area contributed by atoms with Crippen molar-refractivity contribution in [3.8, 4) is 0 Å². The van der Waals surface area contributed by atoms with Gasteiger partial charge < -0.3 is 4.90 Å². The van der Waals surface area contributed by atoms with Crippen LogP contribution in [0, 0.1) is 12.3 Å². The van der Waals surface area contributed by atoms with Crippen LogP contribution >= 0.6 is 11.6 Å². The van der Waals surface area contributed by atoms with Crippen molar-refractivity contribution in [3.63, 3.8) is 0 Å². The Balaban J connectivity index is 1.31. The first-order valence-corrected chi connectivity index (χ1v) is 11.2. The predicted octanol–water partition coefficient (Wildman–Crippen LogP) is 1.72. The molecule has 27 heavy (non-hydrogen) atoms. The molecule has 2 aromatic rings. The van der Waals surface area contributed by atoms with Gasteiger partial charge in [-0.1, -0.05) is 18.0 Å².